The van der Waals surface area contributed by atoms with E-state index < -0.39 is 0 Å². The van der Waals surface area contributed by atoms with Crippen molar-refractivity contribution in [2.75, 3.05) is 13.2 Å². The van der Waals surface area contributed by atoms with Gasteiger partial charge in [-0.05, 0) is 37.6 Å². The van der Waals surface area contributed by atoms with E-state index in [1.54, 1.807) is 24.3 Å². The van der Waals surface area contributed by atoms with Crippen LogP contribution in [-0.2, 0) is 4.74 Å². The first kappa shape index (κ1) is 11.9. The maximum Gasteiger partial charge on any atom is 0.119 e. The van der Waals surface area contributed by atoms with E-state index in [0.717, 1.165) is 18.8 Å². The van der Waals surface area contributed by atoms with Crippen LogP contribution in [0.5, 0.6) is 11.5 Å². The van der Waals surface area contributed by atoms with Crippen LogP contribution in [0.4, 0.5) is 0 Å². The van der Waals surface area contributed by atoms with Crippen LogP contribution in [0.15, 0.2) is 24.3 Å². The Bertz CT molecular complexity index is 269. The highest BCUT2D eigenvalue weighted by Crippen LogP contribution is 2.16. The van der Waals surface area contributed by atoms with E-state index in [2.05, 4.69) is 6.92 Å². The van der Waals surface area contributed by atoms with Gasteiger partial charge in [-0.1, -0.05) is 6.92 Å². The van der Waals surface area contributed by atoms with Gasteiger partial charge in [-0.2, -0.15) is 0 Å². The molecule has 0 spiro atoms. The summed E-state index contributed by atoms with van der Waals surface area (Å²) in [6.07, 6.45) is 1.11. The van der Waals surface area contributed by atoms with Gasteiger partial charge < -0.3 is 14.6 Å². The number of aromatic hydroxyl groups is 1. The molecule has 0 unspecified atom stereocenters. The minimum Gasteiger partial charge on any atom is -0.508 e. The Morgan fingerprint density at radius 3 is 2.53 bits per heavy atom. The molecule has 0 bridgehead atoms. The van der Waals surface area contributed by atoms with Gasteiger partial charge in [-0.25, -0.2) is 0 Å². The van der Waals surface area contributed by atoms with Crippen molar-refractivity contribution in [2.24, 2.45) is 0 Å². The fraction of sp³-hybridized carbons (Fsp3) is 0.500. The second-order valence-electron chi connectivity index (χ2n) is 3.49. The molecule has 1 N–H and O–H groups in total. The largest absolute Gasteiger partial charge is 0.508 e. The van der Waals surface area contributed by atoms with Gasteiger partial charge >= 0.3 is 0 Å². The fourth-order valence-electron chi connectivity index (χ4n) is 1.12. The third-order valence-corrected chi connectivity index (χ3v) is 1.93. The van der Waals surface area contributed by atoms with Crippen molar-refractivity contribution >= 4 is 0 Å². The summed E-state index contributed by atoms with van der Waals surface area (Å²) in [6, 6.07) is 6.68. The summed E-state index contributed by atoms with van der Waals surface area (Å²) in [5, 5.41) is 9.07. The van der Waals surface area contributed by atoms with Crippen molar-refractivity contribution < 1.29 is 14.6 Å². The highest BCUT2D eigenvalue weighted by molar-refractivity contribution is 5.30. The summed E-state index contributed by atoms with van der Waals surface area (Å²) in [5.41, 5.74) is 0. The number of hydrogen-bond acceptors (Lipinski definition) is 3. The molecular weight excluding hydrogens is 192 g/mol. The topological polar surface area (TPSA) is 38.7 Å². The molecule has 0 heterocycles. The van der Waals surface area contributed by atoms with Crippen molar-refractivity contribution in [3.8, 4) is 11.5 Å². The van der Waals surface area contributed by atoms with Gasteiger partial charge in [-0.15, -0.1) is 0 Å². The lowest BCUT2D eigenvalue weighted by atomic mass is 10.3. The zero-order chi connectivity index (χ0) is 11.1. The standard InChI is InChI=1S/C12H18O3/c1-3-8-14-10(2)9-15-12-6-4-11(13)5-7-12/h4-7,10,13H,3,8-9H2,1-2H3/t10-/m0/s1. The second-order valence-corrected chi connectivity index (χ2v) is 3.49. The quantitative estimate of drug-likeness (QED) is 0.784. The monoisotopic (exact) mass is 210 g/mol. The highest BCUT2D eigenvalue weighted by atomic mass is 16.5. The van der Waals surface area contributed by atoms with E-state index in [-0.39, 0.29) is 11.9 Å². The van der Waals surface area contributed by atoms with E-state index in [4.69, 9.17) is 14.6 Å². The molecule has 1 atom stereocenters. The fourth-order valence-corrected chi connectivity index (χ4v) is 1.12. The molecule has 0 fully saturated rings. The van der Waals surface area contributed by atoms with E-state index >= 15 is 0 Å². The molecule has 0 aliphatic rings. The lowest BCUT2D eigenvalue weighted by Gasteiger charge is -2.13. The zero-order valence-electron chi connectivity index (χ0n) is 9.27. The number of phenolic OH excluding ortho intramolecular Hbond substituents is 1. The minimum absolute atomic E-state index is 0.0961. The van der Waals surface area contributed by atoms with Gasteiger partial charge in [0.25, 0.3) is 0 Å². The zero-order valence-corrected chi connectivity index (χ0v) is 9.27. The Hall–Kier alpha value is -1.22. The predicted molar refractivity (Wildman–Crippen MR) is 59.3 cm³/mol. The van der Waals surface area contributed by atoms with Gasteiger partial charge in [0, 0.05) is 6.61 Å². The molecule has 15 heavy (non-hydrogen) atoms. The number of phenols is 1. The lowest BCUT2D eigenvalue weighted by Crippen LogP contribution is -2.18. The molecule has 1 aromatic carbocycles. The molecule has 0 aliphatic carbocycles. The first-order valence-corrected chi connectivity index (χ1v) is 5.25. The van der Waals surface area contributed by atoms with Gasteiger partial charge in [0.1, 0.15) is 18.1 Å². The van der Waals surface area contributed by atoms with Crippen LogP contribution in [0.25, 0.3) is 0 Å². The van der Waals surface area contributed by atoms with Crippen LogP contribution in [0, 0.1) is 0 Å². The molecule has 0 aromatic heterocycles. The van der Waals surface area contributed by atoms with Gasteiger partial charge in [0.05, 0.1) is 6.10 Å². The van der Waals surface area contributed by atoms with Crippen LogP contribution >= 0.6 is 0 Å². The molecular formula is C12H18O3. The molecule has 0 amide bonds. The van der Waals surface area contributed by atoms with Crippen molar-refractivity contribution in [1.82, 2.24) is 0 Å². The summed E-state index contributed by atoms with van der Waals surface area (Å²) in [5.74, 6) is 0.998. The van der Waals surface area contributed by atoms with Crippen LogP contribution in [-0.4, -0.2) is 24.4 Å². The second kappa shape index (κ2) is 6.30. The Kier molecular flexibility index (Phi) is 4.98. The van der Waals surface area contributed by atoms with Crippen molar-refractivity contribution in [1.29, 1.82) is 0 Å². The van der Waals surface area contributed by atoms with E-state index in [0.29, 0.717) is 6.61 Å². The normalized spacial score (nSPS) is 12.4. The first-order chi connectivity index (χ1) is 7.22. The predicted octanol–water partition coefficient (Wildman–Crippen LogP) is 2.59. The Morgan fingerprint density at radius 2 is 1.93 bits per heavy atom. The third kappa shape index (κ3) is 4.70. The van der Waals surface area contributed by atoms with E-state index in [9.17, 15) is 0 Å². The molecule has 1 rings (SSSR count). The van der Waals surface area contributed by atoms with Crippen LogP contribution in [0.2, 0.25) is 0 Å². The SMILES string of the molecule is CCCO[C@@H](C)COc1ccc(O)cc1. The van der Waals surface area contributed by atoms with Gasteiger partial charge in [0.2, 0.25) is 0 Å². The number of rotatable bonds is 6. The molecule has 1 aromatic rings. The van der Waals surface area contributed by atoms with Gasteiger partial charge in [0.15, 0.2) is 0 Å². The number of benzene rings is 1. The molecule has 0 saturated heterocycles. The van der Waals surface area contributed by atoms with Crippen molar-refractivity contribution in [3.05, 3.63) is 24.3 Å². The molecule has 3 heteroatoms. The van der Waals surface area contributed by atoms with Crippen molar-refractivity contribution in [3.63, 3.8) is 0 Å². The minimum atomic E-state index is 0.0961. The first-order valence-electron chi connectivity index (χ1n) is 5.25. The Morgan fingerprint density at radius 1 is 1.27 bits per heavy atom. The summed E-state index contributed by atoms with van der Waals surface area (Å²) >= 11 is 0. The van der Waals surface area contributed by atoms with Crippen molar-refractivity contribution in [2.45, 2.75) is 26.4 Å². The lowest BCUT2D eigenvalue weighted by molar-refractivity contribution is 0.0327. The molecule has 0 radical (unpaired) electrons. The summed E-state index contributed by atoms with van der Waals surface area (Å²) in [7, 11) is 0. The smallest absolute Gasteiger partial charge is 0.119 e. The summed E-state index contributed by atoms with van der Waals surface area (Å²) in [6.45, 7) is 5.36. The van der Waals surface area contributed by atoms with E-state index in [1.807, 2.05) is 6.92 Å². The average molecular weight is 210 g/mol. The molecule has 0 aliphatic heterocycles. The number of hydrogen-bond donors (Lipinski definition) is 1. The van der Waals surface area contributed by atoms with Crippen LogP contribution < -0.4 is 4.74 Å². The highest BCUT2D eigenvalue weighted by Gasteiger charge is 2.02. The maximum atomic E-state index is 9.07. The average Bonchev–Trinajstić information content (AvgIpc) is 2.25. The Labute approximate surface area is 90.6 Å². The molecule has 0 saturated carbocycles. The Balaban J connectivity index is 2.27. The molecule has 3 nitrogen and oxygen atoms in total. The maximum absolute atomic E-state index is 9.07. The van der Waals surface area contributed by atoms with Crippen LogP contribution in [0.1, 0.15) is 20.3 Å². The molecule has 84 valence electrons. The summed E-state index contributed by atoms with van der Waals surface area (Å²) in [4.78, 5) is 0. The van der Waals surface area contributed by atoms with E-state index in [1.165, 1.54) is 0 Å². The van der Waals surface area contributed by atoms with Crippen LogP contribution in [0.3, 0.4) is 0 Å². The van der Waals surface area contributed by atoms with Gasteiger partial charge in [-0.3, -0.25) is 0 Å². The number of ether oxygens (including phenoxy) is 2. The third-order valence-electron chi connectivity index (χ3n) is 1.93. The summed E-state index contributed by atoms with van der Waals surface area (Å²) < 4.78 is 10.9.